The molecule has 8 heteroatoms. The van der Waals surface area contributed by atoms with Gasteiger partial charge in [-0.1, -0.05) is 19.3 Å². The van der Waals surface area contributed by atoms with Crippen molar-refractivity contribution < 1.29 is 23.9 Å². The molecule has 0 saturated carbocycles. The highest BCUT2D eigenvalue weighted by Gasteiger charge is 2.26. The minimum Gasteiger partial charge on any atom is -0.481 e. The maximum Gasteiger partial charge on any atom is 0.303 e. The molecule has 1 aromatic heterocycles. The van der Waals surface area contributed by atoms with E-state index in [1.807, 2.05) is 6.92 Å². The molecule has 0 saturated heterocycles. The van der Waals surface area contributed by atoms with Crippen LogP contribution < -0.4 is 10.6 Å². The Morgan fingerprint density at radius 2 is 1.84 bits per heavy atom. The van der Waals surface area contributed by atoms with E-state index >= 15 is 0 Å². The van der Waals surface area contributed by atoms with Gasteiger partial charge in [0.25, 0.3) is 11.8 Å². The normalized spacial score (nSPS) is 13.8. The van der Waals surface area contributed by atoms with Gasteiger partial charge >= 0.3 is 5.97 Å². The zero-order valence-electron chi connectivity index (χ0n) is 18.3. The van der Waals surface area contributed by atoms with Crippen LogP contribution in [0.2, 0.25) is 0 Å². The number of carboxylic acid groups (broad SMARTS) is 1. The van der Waals surface area contributed by atoms with E-state index in [9.17, 15) is 18.8 Å². The summed E-state index contributed by atoms with van der Waals surface area (Å²) in [6.45, 7) is 4.15. The van der Waals surface area contributed by atoms with Crippen LogP contribution in [0.1, 0.15) is 71.4 Å². The van der Waals surface area contributed by atoms with Crippen molar-refractivity contribution in [3.8, 4) is 0 Å². The molecule has 0 atom stereocenters. The van der Waals surface area contributed by atoms with Gasteiger partial charge in [-0.25, -0.2) is 4.39 Å². The molecule has 0 aliphatic carbocycles. The van der Waals surface area contributed by atoms with Gasteiger partial charge in [0.2, 0.25) is 0 Å². The standard InChI is InChI=1S/C24H28FN3O4/c1-14-20(13-18-17-12-16(25)9-10-19(17)28-23(18)31)27-15(2)22(14)24(32)26-11-7-5-3-4-6-8-21(29)30/h9-10,12-13,27H,3-8,11H2,1-2H3,(H,26,32)(H,28,31)(H,29,30)/b18-13-. The molecule has 0 bridgehead atoms. The lowest BCUT2D eigenvalue weighted by Crippen LogP contribution is -2.25. The van der Waals surface area contributed by atoms with Crippen molar-refractivity contribution in [3.63, 3.8) is 0 Å². The topological polar surface area (TPSA) is 111 Å². The fourth-order valence-corrected chi connectivity index (χ4v) is 3.93. The molecule has 7 nitrogen and oxygen atoms in total. The summed E-state index contributed by atoms with van der Waals surface area (Å²) in [5.41, 5.74) is 3.99. The number of nitrogens with one attached hydrogen (secondary N) is 3. The molecule has 1 aromatic carbocycles. The number of rotatable bonds is 10. The molecular formula is C24H28FN3O4. The van der Waals surface area contributed by atoms with Crippen molar-refractivity contribution in [1.29, 1.82) is 0 Å². The van der Waals surface area contributed by atoms with Gasteiger partial charge in [0.1, 0.15) is 5.82 Å². The number of carbonyl (C=O) groups is 3. The molecule has 0 unspecified atom stereocenters. The lowest BCUT2D eigenvalue weighted by molar-refractivity contribution is -0.137. The molecule has 2 amide bonds. The van der Waals surface area contributed by atoms with Gasteiger partial charge in [0.15, 0.2) is 0 Å². The Balaban J connectivity index is 1.61. The van der Waals surface area contributed by atoms with E-state index in [0.29, 0.717) is 46.7 Å². The van der Waals surface area contributed by atoms with Gasteiger partial charge in [0.05, 0.1) is 11.1 Å². The maximum atomic E-state index is 13.7. The molecular weight excluding hydrogens is 413 g/mol. The van der Waals surface area contributed by atoms with Crippen molar-refractivity contribution >= 4 is 35.1 Å². The number of H-pyrrole nitrogens is 1. The summed E-state index contributed by atoms with van der Waals surface area (Å²) in [4.78, 5) is 38.7. The highest BCUT2D eigenvalue weighted by molar-refractivity contribution is 6.34. The van der Waals surface area contributed by atoms with Gasteiger partial charge in [-0.05, 0) is 56.5 Å². The van der Waals surface area contributed by atoms with Crippen molar-refractivity contribution in [2.75, 3.05) is 11.9 Å². The number of hydrogen-bond acceptors (Lipinski definition) is 3. The number of aromatic amines is 1. The Hall–Kier alpha value is -3.42. The molecule has 2 aromatic rings. The monoisotopic (exact) mass is 441 g/mol. The Morgan fingerprint density at radius 1 is 1.12 bits per heavy atom. The van der Waals surface area contributed by atoms with Gasteiger partial charge in [0, 0.05) is 35.6 Å². The van der Waals surface area contributed by atoms with Crippen LogP contribution in [0.25, 0.3) is 11.6 Å². The number of aliphatic carboxylic acids is 1. The minimum absolute atomic E-state index is 0.186. The van der Waals surface area contributed by atoms with E-state index in [1.165, 1.54) is 18.2 Å². The number of hydrogen-bond donors (Lipinski definition) is 4. The van der Waals surface area contributed by atoms with E-state index in [1.54, 1.807) is 13.0 Å². The molecule has 4 N–H and O–H groups in total. The summed E-state index contributed by atoms with van der Waals surface area (Å²) in [6.07, 6.45) is 6.08. The molecule has 2 heterocycles. The van der Waals surface area contributed by atoms with Gasteiger partial charge in [-0.15, -0.1) is 0 Å². The number of aromatic nitrogens is 1. The minimum atomic E-state index is -0.769. The van der Waals surface area contributed by atoms with Crippen LogP contribution in [0, 0.1) is 19.7 Å². The molecule has 1 aliphatic heterocycles. The molecule has 170 valence electrons. The predicted octanol–water partition coefficient (Wildman–Crippen LogP) is 4.42. The molecule has 0 radical (unpaired) electrons. The molecule has 0 fully saturated rings. The maximum absolute atomic E-state index is 13.7. The highest BCUT2D eigenvalue weighted by atomic mass is 19.1. The Bertz CT molecular complexity index is 1070. The average Bonchev–Trinajstić information content (AvgIpc) is 3.19. The van der Waals surface area contributed by atoms with E-state index < -0.39 is 11.8 Å². The number of fused-ring (bicyclic) bond motifs is 1. The first-order valence-electron chi connectivity index (χ1n) is 10.8. The van der Waals surface area contributed by atoms with Crippen LogP contribution >= 0.6 is 0 Å². The summed E-state index contributed by atoms with van der Waals surface area (Å²) >= 11 is 0. The van der Waals surface area contributed by atoms with Crippen molar-refractivity contribution in [3.05, 3.63) is 52.1 Å². The first-order chi connectivity index (χ1) is 15.3. The zero-order chi connectivity index (χ0) is 23.3. The fraction of sp³-hybridized carbons (Fsp3) is 0.375. The summed E-state index contributed by atoms with van der Waals surface area (Å²) in [5, 5.41) is 14.3. The Morgan fingerprint density at radius 3 is 2.59 bits per heavy atom. The lowest BCUT2D eigenvalue weighted by atomic mass is 10.0. The number of amides is 2. The number of carboxylic acids is 1. The summed E-state index contributed by atoms with van der Waals surface area (Å²) in [6, 6.07) is 4.14. The SMILES string of the molecule is Cc1[nH]c(/C=C2\C(=O)Nc3ccc(F)cc32)c(C)c1C(=O)NCCCCCCCC(=O)O. The van der Waals surface area contributed by atoms with E-state index in [4.69, 9.17) is 5.11 Å². The van der Waals surface area contributed by atoms with E-state index in [-0.39, 0.29) is 18.2 Å². The zero-order valence-corrected chi connectivity index (χ0v) is 18.3. The molecule has 1 aliphatic rings. The summed E-state index contributed by atoms with van der Waals surface area (Å²) in [5.74, 6) is -1.69. The third kappa shape index (κ3) is 5.43. The third-order valence-electron chi connectivity index (χ3n) is 5.61. The van der Waals surface area contributed by atoms with Gasteiger partial charge in [-0.2, -0.15) is 0 Å². The summed E-state index contributed by atoms with van der Waals surface area (Å²) in [7, 11) is 0. The van der Waals surface area contributed by atoms with Gasteiger partial charge in [-0.3, -0.25) is 14.4 Å². The molecule has 3 rings (SSSR count). The lowest BCUT2D eigenvalue weighted by Gasteiger charge is -2.06. The first-order valence-corrected chi connectivity index (χ1v) is 10.8. The van der Waals surface area contributed by atoms with Crippen LogP contribution in [0.4, 0.5) is 10.1 Å². The average molecular weight is 442 g/mol. The second-order valence-electron chi connectivity index (χ2n) is 8.03. The highest BCUT2D eigenvalue weighted by Crippen LogP contribution is 2.34. The number of halogens is 1. The van der Waals surface area contributed by atoms with Crippen LogP contribution in [0.15, 0.2) is 18.2 Å². The second kappa shape index (κ2) is 10.3. The number of aryl methyl sites for hydroxylation is 1. The van der Waals surface area contributed by atoms with E-state index in [2.05, 4.69) is 15.6 Å². The first kappa shape index (κ1) is 23.2. The van der Waals surface area contributed by atoms with Gasteiger partial charge < -0.3 is 20.7 Å². The summed E-state index contributed by atoms with van der Waals surface area (Å²) < 4.78 is 13.7. The number of anilines is 1. The van der Waals surface area contributed by atoms with Crippen LogP contribution in [0.3, 0.4) is 0 Å². The molecule has 32 heavy (non-hydrogen) atoms. The number of carbonyl (C=O) groups excluding carboxylic acids is 2. The van der Waals surface area contributed by atoms with Crippen molar-refractivity contribution in [2.45, 2.75) is 52.4 Å². The largest absolute Gasteiger partial charge is 0.481 e. The second-order valence-corrected chi connectivity index (χ2v) is 8.03. The smallest absolute Gasteiger partial charge is 0.303 e. The number of benzene rings is 1. The fourth-order valence-electron chi connectivity index (χ4n) is 3.93. The van der Waals surface area contributed by atoms with Crippen LogP contribution in [0.5, 0.6) is 0 Å². The van der Waals surface area contributed by atoms with Crippen LogP contribution in [-0.2, 0) is 9.59 Å². The Kier molecular flexibility index (Phi) is 7.45. The quantitative estimate of drug-likeness (QED) is 0.323. The third-order valence-corrected chi connectivity index (χ3v) is 5.61. The Labute approximate surface area is 186 Å². The van der Waals surface area contributed by atoms with Crippen molar-refractivity contribution in [1.82, 2.24) is 10.3 Å². The van der Waals surface area contributed by atoms with Crippen molar-refractivity contribution in [2.24, 2.45) is 0 Å². The van der Waals surface area contributed by atoms with Crippen LogP contribution in [-0.4, -0.2) is 34.4 Å². The predicted molar refractivity (Wildman–Crippen MR) is 121 cm³/mol. The van der Waals surface area contributed by atoms with E-state index in [0.717, 1.165) is 31.2 Å². The molecule has 0 spiro atoms. The number of unbranched alkanes of at least 4 members (excludes halogenated alkanes) is 4.